The molecule has 24 heavy (non-hydrogen) atoms. The molecule has 1 aliphatic heterocycles. The molecule has 2 aromatic rings. The molecule has 1 aliphatic carbocycles. The summed E-state index contributed by atoms with van der Waals surface area (Å²) < 4.78 is 7.56. The van der Waals surface area contributed by atoms with E-state index in [0.29, 0.717) is 17.8 Å². The molecule has 0 N–H and O–H groups in total. The van der Waals surface area contributed by atoms with Gasteiger partial charge in [-0.1, -0.05) is 12.1 Å². The second-order valence-electron chi connectivity index (χ2n) is 6.94. The molecular weight excluding hydrogens is 304 g/mol. The highest BCUT2D eigenvalue weighted by Crippen LogP contribution is 2.39. The van der Waals surface area contributed by atoms with E-state index < -0.39 is 0 Å². The van der Waals surface area contributed by atoms with Crippen LogP contribution in [0.2, 0.25) is 0 Å². The summed E-state index contributed by atoms with van der Waals surface area (Å²) in [6.45, 7) is 6.90. The van der Waals surface area contributed by atoms with Gasteiger partial charge in [0.2, 0.25) is 5.89 Å². The molecular formula is C18H24N4O2. The summed E-state index contributed by atoms with van der Waals surface area (Å²) in [6.07, 6.45) is 5.04. The maximum Gasteiger partial charge on any atom is 0.256 e. The Bertz CT molecular complexity index is 772. The van der Waals surface area contributed by atoms with Gasteiger partial charge in [0.05, 0.1) is 11.6 Å². The van der Waals surface area contributed by atoms with Crippen LogP contribution in [0.1, 0.15) is 78.2 Å². The summed E-state index contributed by atoms with van der Waals surface area (Å²) >= 11 is 0. The maximum atomic E-state index is 13.2. The van der Waals surface area contributed by atoms with E-state index in [1.807, 2.05) is 17.9 Å². The number of aromatic nitrogens is 3. The van der Waals surface area contributed by atoms with Crippen LogP contribution in [0.15, 0.2) is 10.6 Å². The summed E-state index contributed by atoms with van der Waals surface area (Å²) in [7, 11) is 0. The van der Waals surface area contributed by atoms with Crippen LogP contribution in [0.25, 0.3) is 0 Å². The monoisotopic (exact) mass is 328 g/mol. The third-order valence-electron chi connectivity index (χ3n) is 5.22. The van der Waals surface area contributed by atoms with Crippen molar-refractivity contribution >= 4 is 5.91 Å². The maximum absolute atomic E-state index is 13.2. The number of likely N-dealkylation sites (tertiary alicyclic amines) is 1. The van der Waals surface area contributed by atoms with E-state index in [9.17, 15) is 4.79 Å². The van der Waals surface area contributed by atoms with Gasteiger partial charge in [-0.3, -0.25) is 4.79 Å². The Labute approximate surface area is 141 Å². The topological polar surface area (TPSA) is 64.2 Å². The molecule has 4 rings (SSSR count). The SMILES string of the molecule is CCc1nc([C@H]2CCCN2C(=O)c2cc(C)n(C3CC3)c2C)no1. The van der Waals surface area contributed by atoms with Crippen molar-refractivity contribution < 1.29 is 9.32 Å². The van der Waals surface area contributed by atoms with Gasteiger partial charge in [0, 0.05) is 30.4 Å². The zero-order valence-corrected chi connectivity index (χ0v) is 14.6. The van der Waals surface area contributed by atoms with Crippen LogP contribution in [0.4, 0.5) is 0 Å². The summed E-state index contributed by atoms with van der Waals surface area (Å²) in [5.41, 5.74) is 3.10. The van der Waals surface area contributed by atoms with Crippen molar-refractivity contribution in [1.29, 1.82) is 0 Å². The molecule has 2 aliphatic rings. The zero-order valence-electron chi connectivity index (χ0n) is 14.6. The summed E-state index contributed by atoms with van der Waals surface area (Å²) in [6, 6.07) is 2.56. The van der Waals surface area contributed by atoms with E-state index in [2.05, 4.69) is 28.6 Å². The molecule has 0 spiro atoms. The van der Waals surface area contributed by atoms with Gasteiger partial charge in [-0.15, -0.1) is 0 Å². The lowest BCUT2D eigenvalue weighted by molar-refractivity contribution is 0.0727. The predicted octanol–water partition coefficient (Wildman–Crippen LogP) is 3.36. The first-order valence-corrected chi connectivity index (χ1v) is 8.92. The molecule has 3 heterocycles. The Morgan fingerprint density at radius 3 is 2.79 bits per heavy atom. The highest BCUT2D eigenvalue weighted by Gasteiger charge is 2.36. The van der Waals surface area contributed by atoms with Gasteiger partial charge in [0.25, 0.3) is 5.91 Å². The van der Waals surface area contributed by atoms with E-state index in [-0.39, 0.29) is 11.9 Å². The second-order valence-corrected chi connectivity index (χ2v) is 6.94. The molecule has 0 aromatic carbocycles. The minimum atomic E-state index is -0.0643. The number of amides is 1. The molecule has 1 atom stereocenters. The fourth-order valence-electron chi connectivity index (χ4n) is 3.87. The number of hydrogen-bond donors (Lipinski definition) is 0. The Morgan fingerprint density at radius 2 is 2.12 bits per heavy atom. The van der Waals surface area contributed by atoms with E-state index >= 15 is 0 Å². The van der Waals surface area contributed by atoms with Crippen LogP contribution >= 0.6 is 0 Å². The molecule has 6 heteroatoms. The van der Waals surface area contributed by atoms with Gasteiger partial charge < -0.3 is 14.0 Å². The summed E-state index contributed by atoms with van der Waals surface area (Å²) in [5.74, 6) is 1.38. The number of rotatable bonds is 4. The third kappa shape index (κ3) is 2.44. The Morgan fingerprint density at radius 1 is 1.33 bits per heavy atom. The third-order valence-corrected chi connectivity index (χ3v) is 5.22. The fraction of sp³-hybridized carbons (Fsp3) is 0.611. The standard InChI is InChI=1S/C18H24N4O2/c1-4-16-19-17(20-24-16)15-6-5-9-21(15)18(23)14-10-11(2)22(12(14)3)13-7-8-13/h10,13,15H,4-9H2,1-3H3/t15-/m1/s1. The quantitative estimate of drug-likeness (QED) is 0.863. The molecule has 2 aromatic heterocycles. The van der Waals surface area contributed by atoms with Gasteiger partial charge in [-0.2, -0.15) is 4.98 Å². The molecule has 1 saturated heterocycles. The largest absolute Gasteiger partial charge is 0.345 e. The Hall–Kier alpha value is -2.11. The van der Waals surface area contributed by atoms with Crippen LogP contribution in [-0.2, 0) is 6.42 Å². The highest BCUT2D eigenvalue weighted by molar-refractivity contribution is 5.96. The van der Waals surface area contributed by atoms with Gasteiger partial charge >= 0.3 is 0 Å². The zero-order chi connectivity index (χ0) is 16.8. The second kappa shape index (κ2) is 5.76. The lowest BCUT2D eigenvalue weighted by Gasteiger charge is -2.22. The molecule has 6 nitrogen and oxygen atoms in total. The normalized spacial score (nSPS) is 20.8. The van der Waals surface area contributed by atoms with E-state index in [1.54, 1.807) is 0 Å². The number of nitrogens with zero attached hydrogens (tertiary/aromatic N) is 4. The van der Waals surface area contributed by atoms with E-state index in [0.717, 1.165) is 37.1 Å². The molecule has 0 unspecified atom stereocenters. The summed E-state index contributed by atoms with van der Waals surface area (Å²) in [5, 5.41) is 4.09. The van der Waals surface area contributed by atoms with Crippen molar-refractivity contribution in [1.82, 2.24) is 19.6 Å². The first-order valence-electron chi connectivity index (χ1n) is 8.92. The molecule has 0 radical (unpaired) electrons. The van der Waals surface area contributed by atoms with Crippen LogP contribution in [0.5, 0.6) is 0 Å². The number of hydrogen-bond acceptors (Lipinski definition) is 4. The highest BCUT2D eigenvalue weighted by atomic mass is 16.5. The van der Waals surface area contributed by atoms with Crippen LogP contribution in [-0.4, -0.2) is 32.1 Å². The molecule has 128 valence electrons. The van der Waals surface area contributed by atoms with Gasteiger partial charge in [-0.25, -0.2) is 0 Å². The van der Waals surface area contributed by atoms with Crippen molar-refractivity contribution in [3.05, 3.63) is 34.7 Å². The van der Waals surface area contributed by atoms with Crippen LogP contribution in [0.3, 0.4) is 0 Å². The predicted molar refractivity (Wildman–Crippen MR) is 88.9 cm³/mol. The van der Waals surface area contributed by atoms with Gasteiger partial charge in [0.15, 0.2) is 5.82 Å². The minimum Gasteiger partial charge on any atom is -0.345 e. The molecule has 2 fully saturated rings. The van der Waals surface area contributed by atoms with E-state index in [4.69, 9.17) is 4.52 Å². The van der Waals surface area contributed by atoms with Crippen molar-refractivity contribution in [2.75, 3.05) is 6.54 Å². The average Bonchev–Trinajstić information content (AvgIpc) is 3.02. The Balaban J connectivity index is 1.62. The average molecular weight is 328 g/mol. The molecule has 1 amide bonds. The van der Waals surface area contributed by atoms with Crippen LogP contribution in [0, 0.1) is 13.8 Å². The number of aryl methyl sites for hydroxylation is 2. The first kappa shape index (κ1) is 15.4. The number of carbonyl (C=O) groups excluding carboxylic acids is 1. The lowest BCUT2D eigenvalue weighted by atomic mass is 10.1. The molecule has 1 saturated carbocycles. The smallest absolute Gasteiger partial charge is 0.256 e. The first-order chi connectivity index (χ1) is 11.6. The van der Waals surface area contributed by atoms with Crippen molar-refractivity contribution in [3.8, 4) is 0 Å². The number of carbonyl (C=O) groups is 1. The van der Waals surface area contributed by atoms with Crippen molar-refractivity contribution in [2.24, 2.45) is 0 Å². The summed E-state index contributed by atoms with van der Waals surface area (Å²) in [4.78, 5) is 19.5. The van der Waals surface area contributed by atoms with Gasteiger partial charge in [-0.05, 0) is 45.6 Å². The van der Waals surface area contributed by atoms with Gasteiger partial charge in [0.1, 0.15) is 0 Å². The van der Waals surface area contributed by atoms with Crippen LogP contribution < -0.4 is 0 Å². The Kier molecular flexibility index (Phi) is 3.70. The van der Waals surface area contributed by atoms with E-state index in [1.165, 1.54) is 18.5 Å². The fourth-order valence-corrected chi connectivity index (χ4v) is 3.87. The van der Waals surface area contributed by atoms with Crippen molar-refractivity contribution in [2.45, 2.75) is 65.0 Å². The van der Waals surface area contributed by atoms with Crippen molar-refractivity contribution in [3.63, 3.8) is 0 Å². The molecule has 0 bridgehead atoms. The lowest BCUT2D eigenvalue weighted by Crippen LogP contribution is -2.31. The minimum absolute atomic E-state index is 0.0643.